The molecule has 2 rings (SSSR count). The number of amides is 1. The van der Waals surface area contributed by atoms with Crippen LogP contribution in [0.3, 0.4) is 0 Å². The second-order valence-electron chi connectivity index (χ2n) is 6.03. The molecule has 0 aliphatic heterocycles. The second-order valence-corrected chi connectivity index (χ2v) is 7.11. The molecule has 1 amide bonds. The molecule has 0 radical (unpaired) electrons. The minimum atomic E-state index is -0.615. The van der Waals surface area contributed by atoms with Gasteiger partial charge in [0, 0.05) is 25.1 Å². The summed E-state index contributed by atoms with van der Waals surface area (Å²) in [4.78, 5) is 37.6. The van der Waals surface area contributed by atoms with Crippen LogP contribution in [0, 0.1) is 10.1 Å². The van der Waals surface area contributed by atoms with Crippen molar-refractivity contribution in [1.29, 1.82) is 0 Å². The highest BCUT2D eigenvalue weighted by molar-refractivity contribution is 7.99. The van der Waals surface area contributed by atoms with Gasteiger partial charge in [-0.3, -0.25) is 19.7 Å². The van der Waals surface area contributed by atoms with E-state index in [4.69, 9.17) is 4.74 Å². The van der Waals surface area contributed by atoms with Crippen LogP contribution >= 0.6 is 11.8 Å². The predicted octanol–water partition coefficient (Wildman–Crippen LogP) is 3.72. The molecule has 0 aliphatic rings. The second kappa shape index (κ2) is 8.68. The number of hydrogen-bond donors (Lipinski definition) is 0. The summed E-state index contributed by atoms with van der Waals surface area (Å²) in [7, 11) is 4.57. The first-order chi connectivity index (χ1) is 12.8. The molecule has 2 aromatic carbocycles. The van der Waals surface area contributed by atoms with Crippen molar-refractivity contribution in [2.24, 2.45) is 0 Å². The van der Waals surface area contributed by atoms with Crippen molar-refractivity contribution in [2.75, 3.05) is 21.2 Å². The summed E-state index contributed by atoms with van der Waals surface area (Å²) in [6.45, 7) is 1.63. The molecular formula is C19H20N2O5S. The monoisotopic (exact) mass is 388 g/mol. The van der Waals surface area contributed by atoms with Crippen molar-refractivity contribution in [3.8, 4) is 0 Å². The van der Waals surface area contributed by atoms with Crippen LogP contribution in [0.25, 0.3) is 0 Å². The third kappa shape index (κ3) is 4.65. The molecule has 142 valence electrons. The van der Waals surface area contributed by atoms with Crippen molar-refractivity contribution >= 4 is 29.3 Å². The van der Waals surface area contributed by atoms with Crippen molar-refractivity contribution in [3.05, 3.63) is 63.7 Å². The number of nitro benzene ring substituents is 1. The molecule has 0 N–H and O–H groups in total. The van der Waals surface area contributed by atoms with Gasteiger partial charge in [-0.25, -0.2) is 0 Å². The Morgan fingerprint density at radius 1 is 1.15 bits per heavy atom. The number of carbonyl (C=O) groups excluding carboxylic acids is 2. The van der Waals surface area contributed by atoms with E-state index in [0.29, 0.717) is 20.9 Å². The van der Waals surface area contributed by atoms with Gasteiger partial charge in [-0.1, -0.05) is 30.0 Å². The topological polar surface area (TPSA) is 89.8 Å². The zero-order valence-electron chi connectivity index (χ0n) is 15.5. The maximum Gasteiger partial charge on any atom is 0.312 e. The molecule has 7 nitrogen and oxygen atoms in total. The summed E-state index contributed by atoms with van der Waals surface area (Å²) in [5.41, 5.74) is 0.838. The van der Waals surface area contributed by atoms with Gasteiger partial charge in [-0.05, 0) is 30.7 Å². The lowest BCUT2D eigenvalue weighted by molar-refractivity contribution is -0.387. The predicted molar refractivity (Wildman–Crippen MR) is 102 cm³/mol. The zero-order chi connectivity index (χ0) is 20.1. The van der Waals surface area contributed by atoms with E-state index in [1.165, 1.54) is 18.1 Å². The van der Waals surface area contributed by atoms with Crippen LogP contribution in [0.1, 0.15) is 28.8 Å². The number of nitro groups is 1. The number of nitrogens with zero attached hydrogens (tertiary/aromatic N) is 2. The summed E-state index contributed by atoms with van der Waals surface area (Å²) in [6, 6.07) is 11.6. The van der Waals surface area contributed by atoms with E-state index in [1.807, 2.05) is 0 Å². The first kappa shape index (κ1) is 20.4. The van der Waals surface area contributed by atoms with E-state index in [9.17, 15) is 19.7 Å². The van der Waals surface area contributed by atoms with Gasteiger partial charge in [0.05, 0.1) is 28.4 Å². The lowest BCUT2D eigenvalue weighted by atomic mass is 10.0. The van der Waals surface area contributed by atoms with Crippen LogP contribution in [0.5, 0.6) is 0 Å². The smallest absolute Gasteiger partial charge is 0.312 e. The normalized spacial score (nSPS) is 11.6. The molecule has 0 aliphatic carbocycles. The number of carbonyl (C=O) groups is 2. The maximum atomic E-state index is 12.4. The van der Waals surface area contributed by atoms with E-state index in [1.54, 1.807) is 57.4 Å². The van der Waals surface area contributed by atoms with E-state index in [-0.39, 0.29) is 11.6 Å². The van der Waals surface area contributed by atoms with Gasteiger partial charge in [0.25, 0.3) is 11.6 Å². The SMILES string of the molecule is COC(=O)C(C)c1ccc(Sc2ccccc2C(=O)N(C)C)c([N+](=O)[O-])c1. The lowest BCUT2D eigenvalue weighted by Gasteiger charge is -2.14. The summed E-state index contributed by atoms with van der Waals surface area (Å²) in [5, 5.41) is 11.6. The van der Waals surface area contributed by atoms with Crippen molar-refractivity contribution in [2.45, 2.75) is 22.6 Å². The first-order valence-electron chi connectivity index (χ1n) is 8.11. The number of ether oxygens (including phenoxy) is 1. The lowest BCUT2D eigenvalue weighted by Crippen LogP contribution is -2.22. The fourth-order valence-electron chi connectivity index (χ4n) is 2.44. The number of benzene rings is 2. The molecule has 0 fully saturated rings. The number of methoxy groups -OCH3 is 1. The number of rotatable bonds is 6. The molecule has 27 heavy (non-hydrogen) atoms. The Hall–Kier alpha value is -2.87. The molecule has 0 bridgehead atoms. The minimum Gasteiger partial charge on any atom is -0.469 e. The van der Waals surface area contributed by atoms with Gasteiger partial charge >= 0.3 is 5.97 Å². The molecule has 0 saturated heterocycles. The molecule has 8 heteroatoms. The molecular weight excluding hydrogens is 368 g/mol. The standard InChI is InChI=1S/C19H20N2O5S/c1-12(19(23)26-4)13-9-10-17(15(11-13)21(24)25)27-16-8-6-5-7-14(16)18(22)20(2)3/h5-12H,1-4H3. The Kier molecular flexibility index (Phi) is 6.57. The van der Waals surface area contributed by atoms with Crippen LogP contribution in [0.2, 0.25) is 0 Å². The zero-order valence-corrected chi connectivity index (χ0v) is 16.3. The van der Waals surface area contributed by atoms with Crippen LogP contribution in [0.4, 0.5) is 5.69 Å². The third-order valence-corrected chi connectivity index (χ3v) is 5.12. The number of hydrogen-bond acceptors (Lipinski definition) is 6. The van der Waals surface area contributed by atoms with E-state index >= 15 is 0 Å². The highest BCUT2D eigenvalue weighted by Crippen LogP contribution is 2.38. The van der Waals surface area contributed by atoms with Crippen LogP contribution < -0.4 is 0 Å². The molecule has 0 saturated carbocycles. The number of esters is 1. The van der Waals surface area contributed by atoms with E-state index < -0.39 is 16.8 Å². The maximum absolute atomic E-state index is 12.4. The fraction of sp³-hybridized carbons (Fsp3) is 0.263. The molecule has 2 aromatic rings. The quantitative estimate of drug-likeness (QED) is 0.426. The minimum absolute atomic E-state index is 0.125. The van der Waals surface area contributed by atoms with Crippen molar-refractivity contribution in [1.82, 2.24) is 4.90 Å². The molecule has 1 unspecified atom stereocenters. The van der Waals surface area contributed by atoms with E-state index in [0.717, 1.165) is 11.8 Å². The summed E-state index contributed by atoms with van der Waals surface area (Å²) < 4.78 is 4.70. The third-order valence-electron chi connectivity index (χ3n) is 3.98. The summed E-state index contributed by atoms with van der Waals surface area (Å²) in [5.74, 6) is -1.27. The summed E-state index contributed by atoms with van der Waals surface area (Å²) >= 11 is 1.14. The molecule has 0 heterocycles. The van der Waals surface area contributed by atoms with Crippen LogP contribution in [0.15, 0.2) is 52.3 Å². The Labute approximate surface area is 161 Å². The van der Waals surface area contributed by atoms with Crippen molar-refractivity contribution in [3.63, 3.8) is 0 Å². The van der Waals surface area contributed by atoms with Crippen LogP contribution in [-0.4, -0.2) is 42.9 Å². The highest BCUT2D eigenvalue weighted by Gasteiger charge is 2.23. The van der Waals surface area contributed by atoms with Gasteiger partial charge in [-0.2, -0.15) is 0 Å². The molecule has 1 atom stereocenters. The Bertz CT molecular complexity index is 882. The van der Waals surface area contributed by atoms with Gasteiger partial charge in [-0.15, -0.1) is 0 Å². The average molecular weight is 388 g/mol. The van der Waals surface area contributed by atoms with Gasteiger partial charge in [0.1, 0.15) is 0 Å². The van der Waals surface area contributed by atoms with Crippen molar-refractivity contribution < 1.29 is 19.2 Å². The summed E-state index contributed by atoms with van der Waals surface area (Å²) in [6.07, 6.45) is 0. The molecule has 0 aromatic heterocycles. The Morgan fingerprint density at radius 2 is 1.81 bits per heavy atom. The van der Waals surface area contributed by atoms with Crippen LogP contribution in [-0.2, 0) is 9.53 Å². The first-order valence-corrected chi connectivity index (χ1v) is 8.92. The Balaban J connectivity index is 2.45. The fourth-order valence-corrected chi connectivity index (χ4v) is 3.46. The molecule has 0 spiro atoms. The largest absolute Gasteiger partial charge is 0.469 e. The van der Waals surface area contributed by atoms with Gasteiger partial charge in [0.2, 0.25) is 0 Å². The van der Waals surface area contributed by atoms with E-state index in [2.05, 4.69) is 0 Å². The Morgan fingerprint density at radius 3 is 2.41 bits per heavy atom. The highest BCUT2D eigenvalue weighted by atomic mass is 32.2. The average Bonchev–Trinajstić information content (AvgIpc) is 2.66. The van der Waals surface area contributed by atoms with Gasteiger partial charge in [0.15, 0.2) is 0 Å². The van der Waals surface area contributed by atoms with Gasteiger partial charge < -0.3 is 9.64 Å².